The Kier molecular flexibility index (Phi) is 5.86. The second kappa shape index (κ2) is 8.87. The van der Waals surface area contributed by atoms with Gasteiger partial charge in [0.1, 0.15) is 17.8 Å². The zero-order chi connectivity index (χ0) is 20.1. The first-order chi connectivity index (χ1) is 14.2. The largest absolute Gasteiger partial charge is 0.484 e. The van der Waals surface area contributed by atoms with Crippen molar-refractivity contribution in [2.24, 2.45) is 0 Å². The number of oxazole rings is 1. The van der Waals surface area contributed by atoms with Crippen molar-refractivity contribution in [3.05, 3.63) is 72.4 Å². The molecule has 0 unspecified atom stereocenters. The molecule has 1 aliphatic rings. The average molecular weight is 395 g/mol. The molecule has 1 fully saturated rings. The molecule has 1 aliphatic heterocycles. The Labute approximate surface area is 168 Å². The van der Waals surface area contributed by atoms with Crippen LogP contribution in [0.15, 0.2) is 65.3 Å². The highest BCUT2D eigenvalue weighted by Crippen LogP contribution is 2.19. The first-order valence-electron chi connectivity index (χ1n) is 9.56. The lowest BCUT2D eigenvalue weighted by Crippen LogP contribution is -2.49. The molecule has 150 valence electrons. The van der Waals surface area contributed by atoms with Gasteiger partial charge in [-0.3, -0.25) is 9.69 Å². The first kappa shape index (κ1) is 19.1. The third kappa shape index (κ3) is 5.00. The maximum absolute atomic E-state index is 12.9. The maximum Gasteiger partial charge on any atom is 0.260 e. The molecule has 2 heterocycles. The van der Waals surface area contributed by atoms with Gasteiger partial charge in [0.25, 0.3) is 5.91 Å². The van der Waals surface area contributed by atoms with Gasteiger partial charge >= 0.3 is 0 Å². The lowest BCUT2D eigenvalue weighted by Gasteiger charge is -2.34. The molecule has 4 rings (SSSR count). The summed E-state index contributed by atoms with van der Waals surface area (Å²) >= 11 is 0. The number of piperazine rings is 1. The van der Waals surface area contributed by atoms with E-state index < -0.39 is 0 Å². The summed E-state index contributed by atoms with van der Waals surface area (Å²) in [5.41, 5.74) is 1.83. The summed E-state index contributed by atoms with van der Waals surface area (Å²) in [5.74, 6) is 0.704. The van der Waals surface area contributed by atoms with Gasteiger partial charge in [-0.05, 0) is 36.4 Å². The zero-order valence-electron chi connectivity index (χ0n) is 16.0. The van der Waals surface area contributed by atoms with Crippen LogP contribution in [0.4, 0.5) is 4.39 Å². The molecule has 0 N–H and O–H groups in total. The van der Waals surface area contributed by atoms with Gasteiger partial charge in [0.15, 0.2) is 6.61 Å². The number of rotatable bonds is 6. The Balaban J connectivity index is 1.23. The second-order valence-corrected chi connectivity index (χ2v) is 6.91. The number of hydrogen-bond acceptors (Lipinski definition) is 5. The van der Waals surface area contributed by atoms with E-state index in [1.54, 1.807) is 11.2 Å². The van der Waals surface area contributed by atoms with E-state index in [2.05, 4.69) is 9.88 Å². The van der Waals surface area contributed by atoms with Gasteiger partial charge in [0, 0.05) is 38.3 Å². The molecular weight excluding hydrogens is 373 g/mol. The van der Waals surface area contributed by atoms with E-state index in [1.165, 1.54) is 24.3 Å². The molecule has 3 aromatic rings. The molecule has 29 heavy (non-hydrogen) atoms. The molecule has 1 amide bonds. The van der Waals surface area contributed by atoms with Gasteiger partial charge in [-0.1, -0.05) is 18.2 Å². The van der Waals surface area contributed by atoms with E-state index in [0.29, 0.717) is 31.3 Å². The zero-order valence-corrected chi connectivity index (χ0v) is 16.0. The van der Waals surface area contributed by atoms with Crippen LogP contribution in [0.2, 0.25) is 0 Å². The van der Waals surface area contributed by atoms with Crippen molar-refractivity contribution in [1.29, 1.82) is 0 Å². The molecule has 0 radical (unpaired) electrons. The van der Waals surface area contributed by atoms with Crippen molar-refractivity contribution in [3.8, 4) is 17.2 Å². The number of amides is 1. The van der Waals surface area contributed by atoms with Gasteiger partial charge in [0.2, 0.25) is 5.89 Å². The highest BCUT2D eigenvalue weighted by atomic mass is 19.1. The van der Waals surface area contributed by atoms with Gasteiger partial charge in [-0.25, -0.2) is 9.37 Å². The Hall–Kier alpha value is -3.19. The van der Waals surface area contributed by atoms with E-state index in [0.717, 1.165) is 24.3 Å². The molecule has 0 saturated carbocycles. The van der Waals surface area contributed by atoms with Crippen LogP contribution >= 0.6 is 0 Å². The van der Waals surface area contributed by atoms with E-state index in [1.807, 2.05) is 30.3 Å². The molecule has 2 aromatic carbocycles. The van der Waals surface area contributed by atoms with Crippen LogP contribution in [0.1, 0.15) is 5.69 Å². The summed E-state index contributed by atoms with van der Waals surface area (Å²) in [6.45, 7) is 3.43. The van der Waals surface area contributed by atoms with Crippen LogP contribution in [-0.2, 0) is 11.3 Å². The Morgan fingerprint density at radius 1 is 1.03 bits per heavy atom. The van der Waals surface area contributed by atoms with Crippen molar-refractivity contribution in [2.45, 2.75) is 6.54 Å². The molecule has 1 saturated heterocycles. The number of hydrogen-bond donors (Lipinski definition) is 0. The lowest BCUT2D eigenvalue weighted by atomic mass is 10.2. The van der Waals surface area contributed by atoms with E-state index in [-0.39, 0.29) is 18.3 Å². The van der Waals surface area contributed by atoms with Crippen molar-refractivity contribution >= 4 is 5.91 Å². The number of nitrogens with zero attached hydrogens (tertiary/aromatic N) is 3. The molecule has 0 aliphatic carbocycles. The molecule has 0 bridgehead atoms. The molecule has 0 spiro atoms. The minimum Gasteiger partial charge on any atom is -0.484 e. The summed E-state index contributed by atoms with van der Waals surface area (Å²) < 4.78 is 24.0. The molecular formula is C22H22FN3O3. The number of benzene rings is 2. The minimum absolute atomic E-state index is 0.0463. The van der Waals surface area contributed by atoms with Crippen molar-refractivity contribution in [2.75, 3.05) is 32.8 Å². The molecule has 0 atom stereocenters. The topological polar surface area (TPSA) is 58.8 Å². The monoisotopic (exact) mass is 395 g/mol. The van der Waals surface area contributed by atoms with Crippen LogP contribution in [0.5, 0.6) is 5.75 Å². The van der Waals surface area contributed by atoms with Gasteiger partial charge in [-0.2, -0.15) is 0 Å². The van der Waals surface area contributed by atoms with Crippen LogP contribution in [0.25, 0.3) is 11.5 Å². The summed E-state index contributed by atoms with van der Waals surface area (Å²) in [4.78, 5) is 20.9. The number of ether oxygens (including phenoxy) is 1. The number of carbonyl (C=O) groups is 1. The second-order valence-electron chi connectivity index (χ2n) is 6.91. The van der Waals surface area contributed by atoms with Crippen molar-refractivity contribution < 1.29 is 18.3 Å². The Bertz CT molecular complexity index is 935. The Morgan fingerprint density at radius 2 is 1.76 bits per heavy atom. The van der Waals surface area contributed by atoms with Crippen LogP contribution in [-0.4, -0.2) is 53.5 Å². The fourth-order valence-electron chi connectivity index (χ4n) is 3.24. The van der Waals surface area contributed by atoms with Crippen LogP contribution in [0.3, 0.4) is 0 Å². The third-order valence-corrected chi connectivity index (χ3v) is 4.86. The highest BCUT2D eigenvalue weighted by molar-refractivity contribution is 5.77. The van der Waals surface area contributed by atoms with Gasteiger partial charge in [-0.15, -0.1) is 0 Å². The summed E-state index contributed by atoms with van der Waals surface area (Å²) in [6.07, 6.45) is 1.69. The number of halogens is 1. The normalized spacial score (nSPS) is 14.7. The summed E-state index contributed by atoms with van der Waals surface area (Å²) in [5, 5.41) is 0. The number of carbonyl (C=O) groups excluding carboxylic acids is 1. The molecule has 6 nitrogen and oxygen atoms in total. The number of aromatic nitrogens is 1. The molecule has 7 heteroatoms. The van der Waals surface area contributed by atoms with Crippen molar-refractivity contribution in [1.82, 2.24) is 14.8 Å². The van der Waals surface area contributed by atoms with Crippen LogP contribution < -0.4 is 4.74 Å². The standard InChI is InChI=1S/C22H22FN3O3/c23-18-6-8-20(9-7-18)28-16-21(27)26-12-10-25(11-13-26)14-19-15-29-22(24-19)17-4-2-1-3-5-17/h1-9,15H,10-14,16H2. The third-order valence-electron chi connectivity index (χ3n) is 4.86. The summed E-state index contributed by atoms with van der Waals surface area (Å²) in [7, 11) is 0. The van der Waals surface area contributed by atoms with E-state index >= 15 is 0 Å². The highest BCUT2D eigenvalue weighted by Gasteiger charge is 2.22. The first-order valence-corrected chi connectivity index (χ1v) is 9.56. The fourth-order valence-corrected chi connectivity index (χ4v) is 3.24. The van der Waals surface area contributed by atoms with Gasteiger partial charge < -0.3 is 14.1 Å². The molecule has 1 aromatic heterocycles. The predicted molar refractivity (Wildman–Crippen MR) is 106 cm³/mol. The Morgan fingerprint density at radius 3 is 2.48 bits per heavy atom. The SMILES string of the molecule is O=C(COc1ccc(F)cc1)N1CCN(Cc2coc(-c3ccccc3)n2)CC1. The van der Waals surface area contributed by atoms with Gasteiger partial charge in [0.05, 0.1) is 5.69 Å². The van der Waals surface area contributed by atoms with Crippen molar-refractivity contribution in [3.63, 3.8) is 0 Å². The van der Waals surface area contributed by atoms with Crippen LogP contribution in [0, 0.1) is 5.82 Å². The lowest BCUT2D eigenvalue weighted by molar-refractivity contribution is -0.135. The fraction of sp³-hybridized carbons (Fsp3) is 0.273. The van der Waals surface area contributed by atoms with E-state index in [4.69, 9.17) is 9.15 Å². The average Bonchev–Trinajstić information content (AvgIpc) is 3.23. The smallest absolute Gasteiger partial charge is 0.260 e. The summed E-state index contributed by atoms with van der Waals surface area (Å²) in [6, 6.07) is 15.5. The maximum atomic E-state index is 12.9. The quantitative estimate of drug-likeness (QED) is 0.642. The minimum atomic E-state index is -0.331. The van der Waals surface area contributed by atoms with E-state index in [9.17, 15) is 9.18 Å². The predicted octanol–water partition coefficient (Wildman–Crippen LogP) is 3.20.